The van der Waals surface area contributed by atoms with Gasteiger partial charge in [-0.25, -0.2) is 0 Å². The van der Waals surface area contributed by atoms with Crippen molar-refractivity contribution in [3.8, 4) is 0 Å². The van der Waals surface area contributed by atoms with Gasteiger partial charge in [-0.15, -0.1) is 0 Å². The molecule has 1 unspecified atom stereocenters. The highest BCUT2D eigenvalue weighted by Gasteiger charge is 2.14. The van der Waals surface area contributed by atoms with E-state index in [1.54, 1.807) is 0 Å². The van der Waals surface area contributed by atoms with Crippen LogP contribution in [0.1, 0.15) is 18.9 Å². The quantitative estimate of drug-likeness (QED) is 0.734. The Morgan fingerprint density at radius 3 is 2.93 bits per heavy atom. The van der Waals surface area contributed by atoms with E-state index in [9.17, 15) is 0 Å². The van der Waals surface area contributed by atoms with Crippen molar-refractivity contribution >= 4 is 0 Å². The Morgan fingerprint density at radius 1 is 1.33 bits per heavy atom. The van der Waals surface area contributed by atoms with E-state index < -0.39 is 0 Å². The second-order valence-electron chi connectivity index (χ2n) is 4.26. The zero-order valence-corrected chi connectivity index (χ0v) is 9.36. The van der Waals surface area contributed by atoms with Crippen LogP contribution in [0.25, 0.3) is 0 Å². The zero-order valence-electron chi connectivity index (χ0n) is 9.36. The molecule has 0 bridgehead atoms. The van der Waals surface area contributed by atoms with Crippen LogP contribution in [0.5, 0.6) is 0 Å². The van der Waals surface area contributed by atoms with Gasteiger partial charge in [0.1, 0.15) is 0 Å². The fraction of sp³-hybridized carbons (Fsp3) is 0.538. The average molecular weight is 205 g/mol. The van der Waals surface area contributed by atoms with Gasteiger partial charge in [0.2, 0.25) is 0 Å². The number of hydrogen-bond acceptors (Lipinski definition) is 2. The SMILES string of the molecule is CC1CN(Cc2ccccc2)CCCO1. The second kappa shape index (κ2) is 5.29. The average Bonchev–Trinajstić information content (AvgIpc) is 2.44. The molecule has 1 saturated heterocycles. The maximum absolute atomic E-state index is 5.63. The van der Waals surface area contributed by atoms with Crippen molar-refractivity contribution in [1.29, 1.82) is 0 Å². The molecule has 1 heterocycles. The molecule has 0 aromatic heterocycles. The largest absolute Gasteiger partial charge is 0.377 e. The molecule has 2 rings (SSSR count). The highest BCUT2D eigenvalue weighted by Crippen LogP contribution is 2.10. The van der Waals surface area contributed by atoms with E-state index in [0.717, 1.165) is 32.7 Å². The molecule has 1 aliphatic heterocycles. The Labute approximate surface area is 91.9 Å². The molecular weight excluding hydrogens is 186 g/mol. The van der Waals surface area contributed by atoms with Crippen LogP contribution in [0, 0.1) is 0 Å². The zero-order chi connectivity index (χ0) is 10.5. The Kier molecular flexibility index (Phi) is 3.75. The molecule has 0 aliphatic carbocycles. The van der Waals surface area contributed by atoms with Gasteiger partial charge in [-0.3, -0.25) is 4.90 Å². The Bertz CT molecular complexity index is 286. The summed E-state index contributed by atoms with van der Waals surface area (Å²) in [6.45, 7) is 6.32. The van der Waals surface area contributed by atoms with E-state index in [1.807, 2.05) is 0 Å². The molecule has 1 fully saturated rings. The minimum atomic E-state index is 0.371. The molecular formula is C13H19NO. The highest BCUT2D eigenvalue weighted by molar-refractivity contribution is 5.14. The number of hydrogen-bond donors (Lipinski definition) is 0. The highest BCUT2D eigenvalue weighted by atomic mass is 16.5. The first-order valence-corrected chi connectivity index (χ1v) is 5.72. The maximum atomic E-state index is 5.63. The molecule has 1 aromatic carbocycles. The minimum absolute atomic E-state index is 0.371. The van der Waals surface area contributed by atoms with Gasteiger partial charge in [0.05, 0.1) is 6.10 Å². The minimum Gasteiger partial charge on any atom is -0.377 e. The molecule has 0 N–H and O–H groups in total. The third-order valence-electron chi connectivity index (χ3n) is 2.79. The molecule has 1 aromatic rings. The van der Waals surface area contributed by atoms with E-state index in [0.29, 0.717) is 6.10 Å². The van der Waals surface area contributed by atoms with Crippen LogP contribution >= 0.6 is 0 Å². The van der Waals surface area contributed by atoms with Crippen LogP contribution < -0.4 is 0 Å². The Balaban J connectivity index is 1.93. The van der Waals surface area contributed by atoms with Gasteiger partial charge in [0.15, 0.2) is 0 Å². The lowest BCUT2D eigenvalue weighted by molar-refractivity contribution is 0.0668. The van der Waals surface area contributed by atoms with E-state index >= 15 is 0 Å². The first-order valence-electron chi connectivity index (χ1n) is 5.72. The van der Waals surface area contributed by atoms with Crippen LogP contribution in [0.3, 0.4) is 0 Å². The summed E-state index contributed by atoms with van der Waals surface area (Å²) in [7, 11) is 0. The van der Waals surface area contributed by atoms with Crippen molar-refractivity contribution in [1.82, 2.24) is 4.90 Å². The first kappa shape index (κ1) is 10.7. The summed E-state index contributed by atoms with van der Waals surface area (Å²) >= 11 is 0. The van der Waals surface area contributed by atoms with Crippen LogP contribution in [-0.2, 0) is 11.3 Å². The predicted molar refractivity (Wildman–Crippen MR) is 61.8 cm³/mol. The fourth-order valence-electron chi connectivity index (χ4n) is 2.07. The van der Waals surface area contributed by atoms with Gasteiger partial charge in [-0.2, -0.15) is 0 Å². The van der Waals surface area contributed by atoms with Gasteiger partial charge in [0.25, 0.3) is 0 Å². The summed E-state index contributed by atoms with van der Waals surface area (Å²) in [4.78, 5) is 2.48. The van der Waals surface area contributed by atoms with Crippen molar-refractivity contribution in [2.24, 2.45) is 0 Å². The molecule has 82 valence electrons. The van der Waals surface area contributed by atoms with Crippen LogP contribution in [0.4, 0.5) is 0 Å². The van der Waals surface area contributed by atoms with E-state index in [1.165, 1.54) is 5.56 Å². The lowest BCUT2D eigenvalue weighted by Gasteiger charge is -2.21. The summed E-state index contributed by atoms with van der Waals surface area (Å²) in [5, 5.41) is 0. The molecule has 2 nitrogen and oxygen atoms in total. The Morgan fingerprint density at radius 2 is 2.13 bits per heavy atom. The molecule has 1 atom stereocenters. The van der Waals surface area contributed by atoms with E-state index in [4.69, 9.17) is 4.74 Å². The van der Waals surface area contributed by atoms with Crippen molar-refractivity contribution in [2.45, 2.75) is 26.0 Å². The molecule has 1 aliphatic rings. The molecule has 15 heavy (non-hydrogen) atoms. The lowest BCUT2D eigenvalue weighted by atomic mass is 10.2. The van der Waals surface area contributed by atoms with Gasteiger partial charge >= 0.3 is 0 Å². The second-order valence-corrected chi connectivity index (χ2v) is 4.26. The molecule has 0 radical (unpaired) electrons. The predicted octanol–water partition coefficient (Wildman–Crippen LogP) is 2.30. The number of ether oxygens (including phenoxy) is 1. The summed E-state index contributed by atoms with van der Waals surface area (Å²) in [6.07, 6.45) is 1.52. The normalized spacial score (nSPS) is 23.7. The van der Waals surface area contributed by atoms with Crippen LogP contribution in [0.15, 0.2) is 30.3 Å². The lowest BCUT2D eigenvalue weighted by Crippen LogP contribution is -2.29. The van der Waals surface area contributed by atoms with Gasteiger partial charge in [0, 0.05) is 26.2 Å². The molecule has 2 heteroatoms. The van der Waals surface area contributed by atoms with E-state index in [-0.39, 0.29) is 0 Å². The topological polar surface area (TPSA) is 12.5 Å². The fourth-order valence-corrected chi connectivity index (χ4v) is 2.07. The molecule has 0 spiro atoms. The monoisotopic (exact) mass is 205 g/mol. The van der Waals surface area contributed by atoms with Crippen molar-refractivity contribution in [3.05, 3.63) is 35.9 Å². The summed E-state index contributed by atoms with van der Waals surface area (Å²) < 4.78 is 5.63. The first-order chi connectivity index (χ1) is 7.34. The number of nitrogens with zero attached hydrogens (tertiary/aromatic N) is 1. The van der Waals surface area contributed by atoms with E-state index in [2.05, 4.69) is 42.2 Å². The van der Waals surface area contributed by atoms with Crippen molar-refractivity contribution in [3.63, 3.8) is 0 Å². The van der Waals surface area contributed by atoms with Gasteiger partial charge < -0.3 is 4.74 Å². The third-order valence-corrected chi connectivity index (χ3v) is 2.79. The standard InChI is InChI=1S/C13H19NO/c1-12-10-14(8-5-9-15-12)11-13-6-3-2-4-7-13/h2-4,6-7,12H,5,8-11H2,1H3. The summed E-state index contributed by atoms with van der Waals surface area (Å²) in [5.41, 5.74) is 1.40. The number of benzene rings is 1. The van der Waals surface area contributed by atoms with Crippen molar-refractivity contribution in [2.75, 3.05) is 19.7 Å². The summed E-state index contributed by atoms with van der Waals surface area (Å²) in [5.74, 6) is 0. The number of rotatable bonds is 2. The molecule has 0 saturated carbocycles. The third kappa shape index (κ3) is 3.33. The molecule has 0 amide bonds. The van der Waals surface area contributed by atoms with Gasteiger partial charge in [-0.05, 0) is 18.9 Å². The van der Waals surface area contributed by atoms with Crippen LogP contribution in [-0.4, -0.2) is 30.7 Å². The van der Waals surface area contributed by atoms with Gasteiger partial charge in [-0.1, -0.05) is 30.3 Å². The maximum Gasteiger partial charge on any atom is 0.0674 e. The van der Waals surface area contributed by atoms with Crippen LogP contribution in [0.2, 0.25) is 0 Å². The van der Waals surface area contributed by atoms with Crippen molar-refractivity contribution < 1.29 is 4.74 Å². The smallest absolute Gasteiger partial charge is 0.0674 e. The Hall–Kier alpha value is -0.860. The summed E-state index contributed by atoms with van der Waals surface area (Å²) in [6, 6.07) is 10.7.